The fourth-order valence-corrected chi connectivity index (χ4v) is 1.41. The summed E-state index contributed by atoms with van der Waals surface area (Å²) in [5.41, 5.74) is 1.12. The minimum atomic E-state index is 0.289. The first-order valence-electron chi connectivity index (χ1n) is 5.07. The Kier molecular flexibility index (Phi) is 3.16. The third-order valence-corrected chi connectivity index (χ3v) is 2.35. The van der Waals surface area contributed by atoms with E-state index in [-0.39, 0.29) is 5.75 Å². The molecule has 0 aliphatic rings. The third-order valence-electron chi connectivity index (χ3n) is 2.35. The van der Waals surface area contributed by atoms with Crippen molar-refractivity contribution in [3.63, 3.8) is 0 Å². The second kappa shape index (κ2) is 4.76. The van der Waals surface area contributed by atoms with Crippen LogP contribution in [0.25, 0.3) is 0 Å². The zero-order valence-corrected chi connectivity index (χ0v) is 9.09. The van der Waals surface area contributed by atoms with Gasteiger partial charge in [0.25, 0.3) is 0 Å². The molecule has 0 spiro atoms. The minimum absolute atomic E-state index is 0.289. The van der Waals surface area contributed by atoms with Crippen LogP contribution in [-0.2, 0) is 20.1 Å². The van der Waals surface area contributed by atoms with Crippen LogP contribution in [0.3, 0.4) is 0 Å². The predicted molar refractivity (Wildman–Crippen MR) is 59.7 cm³/mol. The van der Waals surface area contributed by atoms with Crippen molar-refractivity contribution >= 4 is 0 Å². The van der Waals surface area contributed by atoms with Crippen molar-refractivity contribution in [3.8, 4) is 5.75 Å². The number of nitrogens with one attached hydrogen (secondary N) is 1. The molecule has 0 unspecified atom stereocenters. The molecule has 2 rings (SSSR count). The third kappa shape index (κ3) is 2.58. The van der Waals surface area contributed by atoms with Crippen LogP contribution in [0.4, 0.5) is 0 Å². The Bertz CT molecular complexity index is 449. The zero-order chi connectivity index (χ0) is 11.4. The number of aromatic nitrogens is 3. The summed E-state index contributed by atoms with van der Waals surface area (Å²) in [6.07, 6.45) is 1.54. The first kappa shape index (κ1) is 10.6. The average molecular weight is 218 g/mol. The Morgan fingerprint density at radius 3 is 2.62 bits per heavy atom. The van der Waals surface area contributed by atoms with E-state index in [2.05, 4.69) is 15.4 Å². The van der Waals surface area contributed by atoms with Crippen molar-refractivity contribution in [2.75, 3.05) is 0 Å². The van der Waals surface area contributed by atoms with Crippen LogP contribution in [0.15, 0.2) is 30.6 Å². The van der Waals surface area contributed by atoms with Gasteiger partial charge in [-0.25, -0.2) is 4.98 Å². The van der Waals surface area contributed by atoms with E-state index < -0.39 is 0 Å². The van der Waals surface area contributed by atoms with E-state index >= 15 is 0 Å². The maximum Gasteiger partial charge on any atom is 0.140 e. The van der Waals surface area contributed by atoms with Gasteiger partial charge >= 0.3 is 0 Å². The van der Waals surface area contributed by atoms with Gasteiger partial charge in [0.05, 0.1) is 6.54 Å². The lowest BCUT2D eigenvalue weighted by atomic mass is 10.2. The molecule has 2 N–H and O–H groups in total. The molecule has 0 amide bonds. The Morgan fingerprint density at radius 2 is 2.00 bits per heavy atom. The van der Waals surface area contributed by atoms with E-state index in [0.29, 0.717) is 6.54 Å². The molecule has 0 fully saturated rings. The number of hydrogen-bond acceptors (Lipinski definition) is 4. The second-order valence-corrected chi connectivity index (χ2v) is 3.57. The number of phenolic OH excluding ortho intramolecular Hbond substituents is 1. The minimum Gasteiger partial charge on any atom is -0.508 e. The molecular weight excluding hydrogens is 204 g/mol. The van der Waals surface area contributed by atoms with Crippen molar-refractivity contribution < 1.29 is 5.11 Å². The van der Waals surface area contributed by atoms with Crippen molar-refractivity contribution in [2.45, 2.75) is 13.1 Å². The molecular formula is C11H14N4O. The first-order chi connectivity index (χ1) is 7.75. The number of nitrogens with zero attached hydrogens (tertiary/aromatic N) is 3. The first-order valence-corrected chi connectivity index (χ1v) is 5.07. The second-order valence-electron chi connectivity index (χ2n) is 3.57. The van der Waals surface area contributed by atoms with Gasteiger partial charge in [-0.3, -0.25) is 4.68 Å². The molecule has 0 bridgehead atoms. The van der Waals surface area contributed by atoms with Gasteiger partial charge in [0, 0.05) is 13.6 Å². The highest BCUT2D eigenvalue weighted by Gasteiger charge is 1.99. The monoisotopic (exact) mass is 218 g/mol. The molecule has 2 aromatic rings. The van der Waals surface area contributed by atoms with Gasteiger partial charge in [-0.1, -0.05) is 12.1 Å². The SMILES string of the molecule is Cn1ncnc1CNCc1ccc(O)cc1. The standard InChI is InChI=1S/C11H14N4O/c1-15-11(13-8-14-15)7-12-6-9-2-4-10(16)5-3-9/h2-5,8,12,16H,6-7H2,1H3. The van der Waals surface area contributed by atoms with Crippen LogP contribution in [-0.4, -0.2) is 19.9 Å². The summed E-state index contributed by atoms with van der Waals surface area (Å²) in [4.78, 5) is 4.11. The molecule has 16 heavy (non-hydrogen) atoms. The van der Waals surface area contributed by atoms with E-state index in [1.807, 2.05) is 19.2 Å². The highest BCUT2D eigenvalue weighted by molar-refractivity contribution is 5.25. The maximum atomic E-state index is 9.13. The lowest BCUT2D eigenvalue weighted by Crippen LogP contribution is -2.16. The molecule has 0 saturated heterocycles. The van der Waals surface area contributed by atoms with Gasteiger partial charge in [0.2, 0.25) is 0 Å². The molecule has 0 saturated carbocycles. The summed E-state index contributed by atoms with van der Waals surface area (Å²) < 4.78 is 1.74. The Hall–Kier alpha value is -1.88. The molecule has 0 aliphatic carbocycles. The van der Waals surface area contributed by atoms with Gasteiger partial charge in [-0.2, -0.15) is 5.10 Å². The van der Waals surface area contributed by atoms with Crippen LogP contribution < -0.4 is 5.32 Å². The molecule has 0 atom stereocenters. The summed E-state index contributed by atoms with van der Waals surface area (Å²) in [5.74, 6) is 1.19. The van der Waals surface area contributed by atoms with Crippen LogP contribution in [0.5, 0.6) is 5.75 Å². The van der Waals surface area contributed by atoms with E-state index in [9.17, 15) is 0 Å². The highest BCUT2D eigenvalue weighted by Crippen LogP contribution is 2.09. The number of phenols is 1. The molecule has 5 heteroatoms. The smallest absolute Gasteiger partial charge is 0.140 e. The lowest BCUT2D eigenvalue weighted by molar-refractivity contribution is 0.475. The van der Waals surface area contributed by atoms with Crippen molar-refractivity contribution in [3.05, 3.63) is 42.0 Å². The number of aromatic hydroxyl groups is 1. The van der Waals surface area contributed by atoms with Gasteiger partial charge in [-0.15, -0.1) is 0 Å². The van der Waals surface area contributed by atoms with Crippen LogP contribution in [0, 0.1) is 0 Å². The topological polar surface area (TPSA) is 63.0 Å². The van der Waals surface area contributed by atoms with Crippen molar-refractivity contribution in [1.29, 1.82) is 0 Å². The van der Waals surface area contributed by atoms with Gasteiger partial charge in [0.15, 0.2) is 0 Å². The van der Waals surface area contributed by atoms with Crippen LogP contribution in [0.2, 0.25) is 0 Å². The molecule has 84 valence electrons. The molecule has 5 nitrogen and oxygen atoms in total. The summed E-state index contributed by atoms with van der Waals surface area (Å²) in [7, 11) is 1.87. The molecule has 1 aromatic carbocycles. The summed E-state index contributed by atoms with van der Waals surface area (Å²) in [6.45, 7) is 1.42. The Morgan fingerprint density at radius 1 is 1.25 bits per heavy atom. The number of aryl methyl sites for hydroxylation is 1. The molecule has 0 aliphatic heterocycles. The van der Waals surface area contributed by atoms with E-state index in [1.54, 1.807) is 16.8 Å². The average Bonchev–Trinajstić information content (AvgIpc) is 2.68. The number of hydrogen-bond donors (Lipinski definition) is 2. The van der Waals surface area contributed by atoms with Crippen LogP contribution >= 0.6 is 0 Å². The number of benzene rings is 1. The Balaban J connectivity index is 1.84. The summed E-state index contributed by atoms with van der Waals surface area (Å²) in [6, 6.07) is 7.14. The molecule has 1 heterocycles. The van der Waals surface area contributed by atoms with Crippen LogP contribution in [0.1, 0.15) is 11.4 Å². The van der Waals surface area contributed by atoms with Crippen molar-refractivity contribution in [2.24, 2.45) is 7.05 Å². The summed E-state index contributed by atoms with van der Waals surface area (Å²) >= 11 is 0. The molecule has 1 aromatic heterocycles. The fraction of sp³-hybridized carbons (Fsp3) is 0.273. The van der Waals surface area contributed by atoms with E-state index in [4.69, 9.17) is 5.11 Å². The lowest BCUT2D eigenvalue weighted by Gasteiger charge is -2.04. The quantitative estimate of drug-likeness (QED) is 0.797. The zero-order valence-electron chi connectivity index (χ0n) is 9.09. The predicted octanol–water partition coefficient (Wildman–Crippen LogP) is 0.810. The van der Waals surface area contributed by atoms with Crippen molar-refractivity contribution in [1.82, 2.24) is 20.1 Å². The number of rotatable bonds is 4. The summed E-state index contributed by atoms with van der Waals surface area (Å²) in [5, 5.41) is 16.4. The normalized spacial score (nSPS) is 10.6. The maximum absolute atomic E-state index is 9.13. The van der Waals surface area contributed by atoms with Gasteiger partial charge in [0.1, 0.15) is 17.9 Å². The fourth-order valence-electron chi connectivity index (χ4n) is 1.41. The van der Waals surface area contributed by atoms with E-state index in [0.717, 1.165) is 17.9 Å². The largest absolute Gasteiger partial charge is 0.508 e. The Labute approximate surface area is 93.8 Å². The molecule has 0 radical (unpaired) electrons. The van der Waals surface area contributed by atoms with E-state index in [1.165, 1.54) is 6.33 Å². The van der Waals surface area contributed by atoms with Gasteiger partial charge in [-0.05, 0) is 17.7 Å². The van der Waals surface area contributed by atoms with Gasteiger partial charge < -0.3 is 10.4 Å². The highest BCUT2D eigenvalue weighted by atomic mass is 16.3.